The summed E-state index contributed by atoms with van der Waals surface area (Å²) < 4.78 is 11.0. The molecule has 0 aliphatic carbocycles. The van der Waals surface area contributed by atoms with Crippen molar-refractivity contribution in [2.75, 3.05) is 26.9 Å². The molecule has 1 saturated heterocycles. The van der Waals surface area contributed by atoms with Crippen molar-refractivity contribution in [2.24, 2.45) is 0 Å². The van der Waals surface area contributed by atoms with Crippen molar-refractivity contribution in [3.8, 4) is 0 Å². The highest BCUT2D eigenvalue weighted by atomic mass is 16.5. The van der Waals surface area contributed by atoms with Gasteiger partial charge in [0.05, 0.1) is 12.7 Å². The van der Waals surface area contributed by atoms with Crippen LogP contribution in [0.15, 0.2) is 0 Å². The summed E-state index contributed by atoms with van der Waals surface area (Å²) in [5.41, 5.74) is 0. The monoisotopic (exact) mass is 229 g/mol. The van der Waals surface area contributed by atoms with Gasteiger partial charge in [0.1, 0.15) is 0 Å². The second-order valence-corrected chi connectivity index (χ2v) is 4.67. The van der Waals surface area contributed by atoms with Crippen LogP contribution in [0.5, 0.6) is 0 Å². The van der Waals surface area contributed by atoms with Gasteiger partial charge < -0.3 is 14.8 Å². The van der Waals surface area contributed by atoms with E-state index >= 15 is 0 Å². The number of ether oxygens (including phenoxy) is 2. The molecule has 3 heteroatoms. The lowest BCUT2D eigenvalue weighted by Gasteiger charge is -2.25. The second kappa shape index (κ2) is 8.97. The van der Waals surface area contributed by atoms with Gasteiger partial charge in [0.2, 0.25) is 0 Å². The molecule has 1 aliphatic heterocycles. The molecule has 1 N–H and O–H groups in total. The summed E-state index contributed by atoms with van der Waals surface area (Å²) >= 11 is 0. The molecule has 3 nitrogen and oxygen atoms in total. The van der Waals surface area contributed by atoms with Crippen molar-refractivity contribution >= 4 is 0 Å². The van der Waals surface area contributed by atoms with E-state index in [4.69, 9.17) is 9.47 Å². The smallest absolute Gasteiger partial charge is 0.0615 e. The Labute approximate surface area is 99.9 Å². The molecule has 1 aliphatic rings. The number of hydrogen-bond donors (Lipinski definition) is 1. The van der Waals surface area contributed by atoms with E-state index in [9.17, 15) is 0 Å². The van der Waals surface area contributed by atoms with E-state index in [1.807, 2.05) is 0 Å². The van der Waals surface area contributed by atoms with Crippen LogP contribution >= 0.6 is 0 Å². The van der Waals surface area contributed by atoms with Crippen molar-refractivity contribution in [2.45, 2.75) is 57.6 Å². The third-order valence-corrected chi connectivity index (χ3v) is 3.16. The molecule has 0 aromatic heterocycles. The van der Waals surface area contributed by atoms with E-state index in [-0.39, 0.29) is 0 Å². The van der Waals surface area contributed by atoms with Gasteiger partial charge in [0.25, 0.3) is 0 Å². The first-order valence-corrected chi connectivity index (χ1v) is 6.70. The third kappa shape index (κ3) is 5.83. The summed E-state index contributed by atoms with van der Waals surface area (Å²) in [6.45, 7) is 5.05. The molecular weight excluding hydrogens is 202 g/mol. The van der Waals surface area contributed by atoms with Gasteiger partial charge in [-0.3, -0.25) is 0 Å². The zero-order valence-electron chi connectivity index (χ0n) is 10.8. The summed E-state index contributed by atoms with van der Waals surface area (Å²) in [6.07, 6.45) is 7.84. The Hall–Kier alpha value is -0.120. The van der Waals surface area contributed by atoms with Gasteiger partial charge in [0.15, 0.2) is 0 Å². The molecule has 96 valence electrons. The fourth-order valence-electron chi connectivity index (χ4n) is 2.22. The molecule has 1 rings (SSSR count). The molecule has 0 spiro atoms. The standard InChI is InChI=1S/C13H27NO2/c1-3-9-14-12(11-15-2)7-8-13-6-4-5-10-16-13/h12-14H,3-11H2,1-2H3. The minimum Gasteiger partial charge on any atom is -0.383 e. The van der Waals surface area contributed by atoms with Crippen molar-refractivity contribution in [1.82, 2.24) is 5.32 Å². The zero-order chi connectivity index (χ0) is 11.6. The molecule has 0 bridgehead atoms. The van der Waals surface area contributed by atoms with Gasteiger partial charge in [-0.1, -0.05) is 6.92 Å². The Morgan fingerprint density at radius 2 is 2.31 bits per heavy atom. The molecule has 1 heterocycles. The Bertz CT molecular complexity index is 158. The Balaban J connectivity index is 2.14. The van der Waals surface area contributed by atoms with Gasteiger partial charge in [-0.2, -0.15) is 0 Å². The number of methoxy groups -OCH3 is 1. The first-order chi connectivity index (χ1) is 7.86. The lowest BCUT2D eigenvalue weighted by molar-refractivity contribution is 0.00692. The summed E-state index contributed by atoms with van der Waals surface area (Å²) in [5, 5.41) is 3.53. The van der Waals surface area contributed by atoms with E-state index in [2.05, 4.69) is 12.2 Å². The van der Waals surface area contributed by atoms with E-state index in [1.54, 1.807) is 7.11 Å². The van der Waals surface area contributed by atoms with Gasteiger partial charge in [-0.25, -0.2) is 0 Å². The predicted molar refractivity (Wildman–Crippen MR) is 66.8 cm³/mol. The quantitative estimate of drug-likeness (QED) is 0.693. The highest BCUT2D eigenvalue weighted by Crippen LogP contribution is 2.17. The van der Waals surface area contributed by atoms with E-state index < -0.39 is 0 Å². The summed E-state index contributed by atoms with van der Waals surface area (Å²) in [5.74, 6) is 0. The number of rotatable bonds is 8. The maximum absolute atomic E-state index is 5.74. The van der Waals surface area contributed by atoms with Gasteiger partial charge in [-0.05, 0) is 45.1 Å². The normalized spacial score (nSPS) is 23.2. The first kappa shape index (κ1) is 13.9. The van der Waals surface area contributed by atoms with Crippen molar-refractivity contribution in [1.29, 1.82) is 0 Å². The molecule has 2 atom stereocenters. The maximum Gasteiger partial charge on any atom is 0.0615 e. The second-order valence-electron chi connectivity index (χ2n) is 4.67. The molecule has 16 heavy (non-hydrogen) atoms. The predicted octanol–water partition coefficient (Wildman–Crippen LogP) is 2.35. The Morgan fingerprint density at radius 1 is 1.44 bits per heavy atom. The SMILES string of the molecule is CCCNC(CCC1CCCCO1)COC. The lowest BCUT2D eigenvalue weighted by Crippen LogP contribution is -2.35. The van der Waals surface area contributed by atoms with E-state index in [0.717, 1.165) is 19.8 Å². The summed E-state index contributed by atoms with van der Waals surface area (Å²) in [4.78, 5) is 0. The van der Waals surface area contributed by atoms with Crippen molar-refractivity contribution in [3.63, 3.8) is 0 Å². The van der Waals surface area contributed by atoms with Crippen LogP contribution in [-0.2, 0) is 9.47 Å². The van der Waals surface area contributed by atoms with Crippen molar-refractivity contribution in [3.05, 3.63) is 0 Å². The van der Waals surface area contributed by atoms with Crippen LogP contribution in [-0.4, -0.2) is 39.0 Å². The van der Waals surface area contributed by atoms with Gasteiger partial charge in [0, 0.05) is 19.8 Å². The minimum absolute atomic E-state index is 0.496. The average Bonchev–Trinajstić information content (AvgIpc) is 2.34. The Kier molecular flexibility index (Phi) is 7.81. The van der Waals surface area contributed by atoms with Crippen LogP contribution in [0.1, 0.15) is 45.4 Å². The number of nitrogens with one attached hydrogen (secondary N) is 1. The summed E-state index contributed by atoms with van der Waals surface area (Å²) in [6, 6.07) is 0.496. The topological polar surface area (TPSA) is 30.5 Å². The number of hydrogen-bond acceptors (Lipinski definition) is 3. The largest absolute Gasteiger partial charge is 0.383 e. The lowest BCUT2D eigenvalue weighted by atomic mass is 10.0. The van der Waals surface area contributed by atoms with Crippen LogP contribution in [0.3, 0.4) is 0 Å². The van der Waals surface area contributed by atoms with Crippen LogP contribution in [0.2, 0.25) is 0 Å². The molecule has 0 aromatic carbocycles. The minimum atomic E-state index is 0.496. The Morgan fingerprint density at radius 3 is 2.94 bits per heavy atom. The first-order valence-electron chi connectivity index (χ1n) is 6.70. The molecule has 0 aromatic rings. The van der Waals surface area contributed by atoms with Crippen LogP contribution in [0.25, 0.3) is 0 Å². The van der Waals surface area contributed by atoms with Crippen LogP contribution in [0.4, 0.5) is 0 Å². The highest BCUT2D eigenvalue weighted by Gasteiger charge is 2.16. The molecule has 0 saturated carbocycles. The molecule has 0 amide bonds. The van der Waals surface area contributed by atoms with Crippen LogP contribution < -0.4 is 5.32 Å². The highest BCUT2D eigenvalue weighted by molar-refractivity contribution is 4.71. The van der Waals surface area contributed by atoms with E-state index in [0.29, 0.717) is 12.1 Å². The molecule has 1 fully saturated rings. The van der Waals surface area contributed by atoms with Crippen molar-refractivity contribution < 1.29 is 9.47 Å². The fraction of sp³-hybridized carbons (Fsp3) is 1.00. The fourth-order valence-corrected chi connectivity index (χ4v) is 2.22. The molecular formula is C13H27NO2. The molecule has 0 radical (unpaired) electrons. The molecule has 2 unspecified atom stereocenters. The zero-order valence-corrected chi connectivity index (χ0v) is 10.8. The average molecular weight is 229 g/mol. The van der Waals surface area contributed by atoms with E-state index in [1.165, 1.54) is 38.5 Å². The third-order valence-electron chi connectivity index (χ3n) is 3.16. The van der Waals surface area contributed by atoms with Gasteiger partial charge in [-0.15, -0.1) is 0 Å². The van der Waals surface area contributed by atoms with Crippen LogP contribution in [0, 0.1) is 0 Å². The summed E-state index contributed by atoms with van der Waals surface area (Å²) in [7, 11) is 1.78. The maximum atomic E-state index is 5.74. The van der Waals surface area contributed by atoms with Gasteiger partial charge >= 0.3 is 0 Å².